The van der Waals surface area contributed by atoms with Gasteiger partial charge in [-0.25, -0.2) is 9.37 Å². The van der Waals surface area contributed by atoms with Crippen LogP contribution in [0.3, 0.4) is 0 Å². The zero-order valence-electron chi connectivity index (χ0n) is 15.0. The molecule has 0 bridgehead atoms. The van der Waals surface area contributed by atoms with Crippen molar-refractivity contribution in [2.75, 3.05) is 0 Å². The number of H-pyrrole nitrogens is 1. The molecular formula is C19H22FN5O. The zero-order valence-corrected chi connectivity index (χ0v) is 15.0. The van der Waals surface area contributed by atoms with E-state index in [1.807, 2.05) is 10.8 Å². The summed E-state index contributed by atoms with van der Waals surface area (Å²) in [6.07, 6.45) is 5.31. The molecule has 0 fully saturated rings. The van der Waals surface area contributed by atoms with Crippen LogP contribution in [0.25, 0.3) is 11.3 Å². The minimum absolute atomic E-state index is 0.0956. The van der Waals surface area contributed by atoms with Gasteiger partial charge in [0.2, 0.25) is 0 Å². The lowest BCUT2D eigenvalue weighted by atomic mass is 9.86. The number of nitrogens with one attached hydrogen (secondary N) is 2. The SMILES string of the molecule is CC(C)(C)[C@H](Cn1ccnc1)NC(=O)c1cc(-c2ccc(F)cc2)n[nH]1. The number of hydrogen-bond acceptors (Lipinski definition) is 3. The third-order valence-corrected chi connectivity index (χ3v) is 4.27. The van der Waals surface area contributed by atoms with Crippen LogP contribution in [0.4, 0.5) is 4.39 Å². The van der Waals surface area contributed by atoms with Crippen molar-refractivity contribution in [2.45, 2.75) is 33.4 Å². The van der Waals surface area contributed by atoms with Crippen molar-refractivity contribution in [1.29, 1.82) is 0 Å². The number of amides is 1. The first-order valence-electron chi connectivity index (χ1n) is 8.41. The van der Waals surface area contributed by atoms with Gasteiger partial charge in [0.25, 0.3) is 5.91 Å². The van der Waals surface area contributed by atoms with Crippen LogP contribution in [0.1, 0.15) is 31.3 Å². The van der Waals surface area contributed by atoms with Crippen LogP contribution in [0, 0.1) is 11.2 Å². The molecule has 2 heterocycles. The molecule has 136 valence electrons. The van der Waals surface area contributed by atoms with Crippen LogP contribution in [0.15, 0.2) is 49.1 Å². The highest BCUT2D eigenvalue weighted by Crippen LogP contribution is 2.22. The lowest BCUT2D eigenvalue weighted by Gasteiger charge is -2.31. The number of benzene rings is 1. The average molecular weight is 355 g/mol. The highest BCUT2D eigenvalue weighted by molar-refractivity contribution is 5.93. The number of hydrogen-bond donors (Lipinski definition) is 2. The van der Waals surface area contributed by atoms with Gasteiger partial charge in [-0.2, -0.15) is 5.10 Å². The second-order valence-corrected chi connectivity index (χ2v) is 7.33. The molecule has 6 nitrogen and oxygen atoms in total. The second-order valence-electron chi connectivity index (χ2n) is 7.33. The predicted octanol–water partition coefficient (Wildman–Crippen LogP) is 3.26. The number of aromatic nitrogens is 4. The maximum atomic E-state index is 13.0. The summed E-state index contributed by atoms with van der Waals surface area (Å²) >= 11 is 0. The van der Waals surface area contributed by atoms with Crippen molar-refractivity contribution in [1.82, 2.24) is 25.1 Å². The van der Waals surface area contributed by atoms with Gasteiger partial charge in [-0.15, -0.1) is 0 Å². The quantitative estimate of drug-likeness (QED) is 0.738. The maximum Gasteiger partial charge on any atom is 0.269 e. The van der Waals surface area contributed by atoms with Gasteiger partial charge in [0.05, 0.1) is 18.1 Å². The molecule has 0 aliphatic rings. The second kappa shape index (κ2) is 7.11. The molecule has 1 atom stereocenters. The van der Waals surface area contributed by atoms with Crippen molar-refractivity contribution in [3.8, 4) is 11.3 Å². The van der Waals surface area contributed by atoms with Gasteiger partial charge >= 0.3 is 0 Å². The Morgan fingerprint density at radius 2 is 2.04 bits per heavy atom. The molecule has 26 heavy (non-hydrogen) atoms. The Balaban J connectivity index is 1.74. The summed E-state index contributed by atoms with van der Waals surface area (Å²) < 4.78 is 15.0. The number of nitrogens with zero attached hydrogens (tertiary/aromatic N) is 3. The Labute approximate surface area is 151 Å². The molecule has 7 heteroatoms. The first kappa shape index (κ1) is 17.8. The molecule has 0 aliphatic heterocycles. The Kier molecular flexibility index (Phi) is 4.88. The van der Waals surface area contributed by atoms with Crippen molar-refractivity contribution in [3.63, 3.8) is 0 Å². The first-order valence-corrected chi connectivity index (χ1v) is 8.41. The normalized spacial score (nSPS) is 12.8. The summed E-state index contributed by atoms with van der Waals surface area (Å²) in [5, 5.41) is 9.98. The van der Waals surface area contributed by atoms with Gasteiger partial charge in [-0.3, -0.25) is 9.89 Å². The molecule has 3 aromatic rings. The molecule has 0 radical (unpaired) electrons. The minimum Gasteiger partial charge on any atom is -0.346 e. The van der Waals surface area contributed by atoms with Crippen LogP contribution in [-0.2, 0) is 6.54 Å². The van der Waals surface area contributed by atoms with Gasteiger partial charge < -0.3 is 9.88 Å². The number of imidazole rings is 1. The van der Waals surface area contributed by atoms with E-state index in [-0.39, 0.29) is 23.2 Å². The number of aromatic amines is 1. The van der Waals surface area contributed by atoms with Crippen LogP contribution in [0.5, 0.6) is 0 Å². The number of halogens is 1. The summed E-state index contributed by atoms with van der Waals surface area (Å²) in [5.41, 5.74) is 1.56. The van der Waals surface area contributed by atoms with Crippen LogP contribution >= 0.6 is 0 Å². The maximum absolute atomic E-state index is 13.0. The van der Waals surface area contributed by atoms with Crippen molar-refractivity contribution < 1.29 is 9.18 Å². The Morgan fingerprint density at radius 3 is 2.65 bits per heavy atom. The molecular weight excluding hydrogens is 333 g/mol. The molecule has 0 spiro atoms. The lowest BCUT2D eigenvalue weighted by Crippen LogP contribution is -2.46. The molecule has 0 aliphatic carbocycles. The van der Waals surface area contributed by atoms with Gasteiger partial charge in [-0.1, -0.05) is 20.8 Å². The smallest absolute Gasteiger partial charge is 0.269 e. The van der Waals surface area contributed by atoms with Crippen molar-refractivity contribution in [3.05, 3.63) is 60.6 Å². The van der Waals surface area contributed by atoms with E-state index in [2.05, 4.69) is 41.3 Å². The van der Waals surface area contributed by atoms with Crippen LogP contribution < -0.4 is 5.32 Å². The summed E-state index contributed by atoms with van der Waals surface area (Å²) in [7, 11) is 0. The summed E-state index contributed by atoms with van der Waals surface area (Å²) in [6, 6.07) is 7.56. The summed E-state index contributed by atoms with van der Waals surface area (Å²) in [4.78, 5) is 16.7. The van der Waals surface area contributed by atoms with E-state index in [1.165, 1.54) is 12.1 Å². The van der Waals surface area contributed by atoms with Gasteiger partial charge in [0.1, 0.15) is 11.5 Å². The van der Waals surface area contributed by atoms with Crippen LogP contribution in [-0.4, -0.2) is 31.7 Å². The first-order chi connectivity index (χ1) is 12.3. The van der Waals surface area contributed by atoms with Crippen molar-refractivity contribution >= 4 is 5.91 Å². The largest absolute Gasteiger partial charge is 0.346 e. The molecule has 0 saturated heterocycles. The third kappa shape index (κ3) is 4.17. The van der Waals surface area contributed by atoms with E-state index >= 15 is 0 Å². The van der Waals surface area contributed by atoms with E-state index in [4.69, 9.17) is 0 Å². The average Bonchev–Trinajstić information content (AvgIpc) is 3.25. The van der Waals surface area contributed by atoms with E-state index < -0.39 is 0 Å². The lowest BCUT2D eigenvalue weighted by molar-refractivity contribution is 0.0887. The minimum atomic E-state index is -0.310. The fraction of sp³-hybridized carbons (Fsp3) is 0.316. The Hall–Kier alpha value is -2.96. The molecule has 0 unspecified atom stereocenters. The molecule has 3 rings (SSSR count). The van der Waals surface area contributed by atoms with E-state index in [9.17, 15) is 9.18 Å². The monoisotopic (exact) mass is 355 g/mol. The van der Waals surface area contributed by atoms with Gasteiger partial charge in [-0.05, 0) is 35.7 Å². The van der Waals surface area contributed by atoms with E-state index in [0.717, 1.165) is 5.56 Å². The van der Waals surface area contributed by atoms with Gasteiger partial charge in [0.15, 0.2) is 0 Å². The molecule has 2 aromatic heterocycles. The molecule has 1 amide bonds. The molecule has 2 N–H and O–H groups in total. The summed E-state index contributed by atoms with van der Waals surface area (Å²) in [6.45, 7) is 6.84. The number of rotatable bonds is 5. The van der Waals surface area contributed by atoms with Crippen molar-refractivity contribution in [2.24, 2.45) is 5.41 Å². The predicted molar refractivity (Wildman–Crippen MR) is 96.9 cm³/mol. The standard InChI is InChI=1S/C19H22FN5O/c1-19(2,3)17(11-25-9-8-21-12-25)22-18(26)16-10-15(23-24-16)13-4-6-14(20)7-5-13/h4-10,12,17H,11H2,1-3H3,(H,22,26)(H,23,24)/t17-/m0/s1. The fourth-order valence-corrected chi connectivity index (χ4v) is 2.58. The van der Waals surface area contributed by atoms with E-state index in [0.29, 0.717) is 17.9 Å². The highest BCUT2D eigenvalue weighted by Gasteiger charge is 2.27. The number of carbonyl (C=O) groups is 1. The third-order valence-electron chi connectivity index (χ3n) is 4.27. The Bertz CT molecular complexity index is 862. The topological polar surface area (TPSA) is 75.6 Å². The number of carbonyl (C=O) groups excluding carboxylic acids is 1. The highest BCUT2D eigenvalue weighted by atomic mass is 19.1. The zero-order chi connectivity index (χ0) is 18.7. The van der Waals surface area contributed by atoms with Crippen LogP contribution in [0.2, 0.25) is 0 Å². The van der Waals surface area contributed by atoms with Gasteiger partial charge in [0, 0.05) is 24.5 Å². The molecule has 1 aromatic carbocycles. The van der Waals surface area contributed by atoms with E-state index in [1.54, 1.807) is 30.7 Å². The fourth-order valence-electron chi connectivity index (χ4n) is 2.58. The molecule has 0 saturated carbocycles. The summed E-state index contributed by atoms with van der Waals surface area (Å²) in [5.74, 6) is -0.541. The Morgan fingerprint density at radius 1 is 1.31 bits per heavy atom.